The predicted molar refractivity (Wildman–Crippen MR) is 134 cm³/mol. The predicted octanol–water partition coefficient (Wildman–Crippen LogP) is 4.71. The van der Waals surface area contributed by atoms with Crippen LogP contribution in [-0.4, -0.2) is 46.4 Å². The maximum Gasteiger partial charge on any atom is 0.340 e. The normalized spacial score (nSPS) is 14.7. The van der Waals surface area contributed by atoms with Crippen LogP contribution >= 0.6 is 11.3 Å². The van der Waals surface area contributed by atoms with E-state index in [1.54, 1.807) is 0 Å². The highest BCUT2D eigenvalue weighted by Gasteiger charge is 2.29. The minimum Gasteiger partial charge on any atom is -0.449 e. The van der Waals surface area contributed by atoms with Gasteiger partial charge in [-0.25, -0.2) is 9.78 Å². The van der Waals surface area contributed by atoms with E-state index in [4.69, 9.17) is 9.72 Å². The Morgan fingerprint density at radius 2 is 2.00 bits per heavy atom. The number of amides is 1. The van der Waals surface area contributed by atoms with Gasteiger partial charge in [0, 0.05) is 36.2 Å². The van der Waals surface area contributed by atoms with Gasteiger partial charge in [0.15, 0.2) is 11.2 Å². The Morgan fingerprint density at radius 1 is 1.18 bits per heavy atom. The Kier molecular flexibility index (Phi) is 6.02. The summed E-state index contributed by atoms with van der Waals surface area (Å²) < 4.78 is 6.80. The first-order valence-corrected chi connectivity index (χ1v) is 12.2. The second-order valence-corrected chi connectivity index (χ2v) is 9.73. The van der Waals surface area contributed by atoms with Crippen molar-refractivity contribution < 1.29 is 14.3 Å². The number of fused-ring (bicyclic) bond motifs is 3. The van der Waals surface area contributed by atoms with Gasteiger partial charge in [-0.05, 0) is 44.2 Å². The molecule has 1 atom stereocenters. The van der Waals surface area contributed by atoms with Crippen molar-refractivity contribution in [3.8, 4) is 0 Å². The number of pyridine rings is 1. The zero-order valence-electron chi connectivity index (χ0n) is 19.4. The third-order valence-electron chi connectivity index (χ3n) is 6.13. The molecule has 7 nitrogen and oxygen atoms in total. The molecule has 1 aliphatic heterocycles. The minimum absolute atomic E-state index is 0.354. The van der Waals surface area contributed by atoms with Gasteiger partial charge in [-0.15, -0.1) is 0 Å². The molecule has 0 fully saturated rings. The molecule has 34 heavy (non-hydrogen) atoms. The largest absolute Gasteiger partial charge is 0.449 e. The fourth-order valence-electron chi connectivity index (χ4n) is 4.34. The quantitative estimate of drug-likeness (QED) is 0.422. The van der Waals surface area contributed by atoms with Gasteiger partial charge in [-0.1, -0.05) is 42.5 Å². The molecule has 1 N–H and O–H groups in total. The van der Waals surface area contributed by atoms with Crippen LogP contribution in [0.3, 0.4) is 0 Å². The van der Waals surface area contributed by atoms with E-state index in [1.165, 1.54) is 11.3 Å². The number of carbonyl (C=O) groups is 2. The molecule has 0 radical (unpaired) electrons. The van der Waals surface area contributed by atoms with Crippen LogP contribution in [0.25, 0.3) is 21.1 Å². The smallest absolute Gasteiger partial charge is 0.340 e. The van der Waals surface area contributed by atoms with E-state index in [-0.39, 0.29) is 5.91 Å². The highest BCUT2D eigenvalue weighted by molar-refractivity contribution is 7.22. The molecule has 0 saturated heterocycles. The van der Waals surface area contributed by atoms with Crippen LogP contribution in [-0.2, 0) is 22.5 Å². The summed E-state index contributed by atoms with van der Waals surface area (Å²) in [5, 5.41) is 4.08. The van der Waals surface area contributed by atoms with Crippen LogP contribution in [0.15, 0.2) is 42.5 Å². The highest BCUT2D eigenvalue weighted by Crippen LogP contribution is 2.30. The zero-order chi connectivity index (χ0) is 23.8. The molecule has 4 aromatic rings. The van der Waals surface area contributed by atoms with Gasteiger partial charge in [0.1, 0.15) is 0 Å². The van der Waals surface area contributed by atoms with Gasteiger partial charge in [0.05, 0.1) is 21.3 Å². The zero-order valence-corrected chi connectivity index (χ0v) is 20.2. The molecule has 2 aromatic carbocycles. The van der Waals surface area contributed by atoms with Crippen molar-refractivity contribution in [3.05, 3.63) is 64.8 Å². The Hall–Kier alpha value is -3.36. The number of esters is 1. The summed E-state index contributed by atoms with van der Waals surface area (Å²) >= 11 is 1.41. The first kappa shape index (κ1) is 22.4. The molecule has 2 aromatic heterocycles. The average Bonchev–Trinajstić information content (AvgIpc) is 3.22. The van der Waals surface area contributed by atoms with Crippen LogP contribution in [0.1, 0.15) is 40.5 Å². The number of para-hydroxylation sites is 1. The van der Waals surface area contributed by atoms with Crippen molar-refractivity contribution in [1.82, 2.24) is 14.9 Å². The van der Waals surface area contributed by atoms with Crippen molar-refractivity contribution in [3.63, 3.8) is 0 Å². The number of thiazole rings is 1. The number of likely N-dealkylation sites (N-methyl/N-ethyl adjacent to an activating group) is 1. The average molecular weight is 475 g/mol. The lowest BCUT2D eigenvalue weighted by atomic mass is 9.96. The number of ether oxygens (including phenoxy) is 1. The highest BCUT2D eigenvalue weighted by atomic mass is 32.1. The van der Waals surface area contributed by atoms with Gasteiger partial charge < -0.3 is 9.64 Å². The monoisotopic (exact) mass is 474 g/mol. The van der Waals surface area contributed by atoms with Crippen LogP contribution < -0.4 is 5.32 Å². The number of carbonyl (C=O) groups excluding carboxylic acids is 2. The molecule has 0 saturated carbocycles. The number of aryl methyl sites for hydroxylation is 1. The Labute approximate surface area is 201 Å². The van der Waals surface area contributed by atoms with Gasteiger partial charge in [-0.2, -0.15) is 0 Å². The molecule has 174 valence electrons. The van der Waals surface area contributed by atoms with Crippen molar-refractivity contribution >= 4 is 49.5 Å². The summed E-state index contributed by atoms with van der Waals surface area (Å²) in [4.78, 5) is 37.9. The lowest BCUT2D eigenvalue weighted by Crippen LogP contribution is -2.34. The molecule has 1 aliphatic rings. The lowest BCUT2D eigenvalue weighted by Gasteiger charge is -2.27. The molecule has 8 heteroatoms. The summed E-state index contributed by atoms with van der Waals surface area (Å²) in [5.74, 6) is -0.872. The van der Waals surface area contributed by atoms with Crippen molar-refractivity contribution in [1.29, 1.82) is 0 Å². The van der Waals surface area contributed by atoms with Crippen molar-refractivity contribution in [2.75, 3.05) is 18.9 Å². The summed E-state index contributed by atoms with van der Waals surface area (Å²) in [5.41, 5.74) is 5.04. The maximum atomic E-state index is 13.5. The SMILES string of the molecule is CCC(OC(=O)c1c2c(nc3ccccc13)CCN(C)C2)C(=O)Nc1nc2ccc(C)cc2s1. The molecule has 0 aliphatic carbocycles. The molecule has 1 amide bonds. The van der Waals surface area contributed by atoms with Crippen LogP contribution in [0.4, 0.5) is 5.13 Å². The Bertz CT molecular complexity index is 1410. The fourth-order valence-corrected chi connectivity index (χ4v) is 5.31. The second kappa shape index (κ2) is 9.12. The topological polar surface area (TPSA) is 84.4 Å². The molecule has 1 unspecified atom stereocenters. The van der Waals surface area contributed by atoms with Crippen LogP contribution in [0, 0.1) is 6.92 Å². The number of hydrogen-bond donors (Lipinski definition) is 1. The van der Waals surface area contributed by atoms with E-state index in [0.29, 0.717) is 23.7 Å². The molecule has 3 heterocycles. The van der Waals surface area contributed by atoms with E-state index in [2.05, 4.69) is 15.2 Å². The number of aromatic nitrogens is 2. The molecular formula is C26H26N4O3S. The lowest BCUT2D eigenvalue weighted by molar-refractivity contribution is -0.124. The molecule has 0 spiro atoms. The first-order valence-electron chi connectivity index (χ1n) is 11.4. The molecule has 5 rings (SSSR count). The number of rotatable bonds is 5. The second-order valence-electron chi connectivity index (χ2n) is 8.70. The number of nitrogens with one attached hydrogen (secondary N) is 1. The maximum absolute atomic E-state index is 13.5. The third kappa shape index (κ3) is 4.26. The summed E-state index contributed by atoms with van der Waals surface area (Å²) in [6, 6.07) is 13.5. The van der Waals surface area contributed by atoms with E-state index in [1.807, 2.05) is 63.4 Å². The minimum atomic E-state index is -0.926. The molecule has 0 bridgehead atoms. The number of benzene rings is 2. The van der Waals surface area contributed by atoms with Crippen molar-refractivity contribution in [2.45, 2.75) is 39.3 Å². The van der Waals surface area contributed by atoms with Gasteiger partial charge in [0.25, 0.3) is 5.91 Å². The number of nitrogens with zero attached hydrogens (tertiary/aromatic N) is 3. The van der Waals surface area contributed by atoms with E-state index >= 15 is 0 Å². The Balaban J connectivity index is 1.42. The van der Waals surface area contributed by atoms with Gasteiger partial charge in [0.2, 0.25) is 0 Å². The standard InChI is InChI=1S/C26H26N4O3S/c1-4-21(24(31)29-26-28-20-10-9-15(2)13-22(20)34-26)33-25(32)23-16-7-5-6-8-18(16)27-19-11-12-30(3)14-17(19)23/h5-10,13,21H,4,11-12,14H2,1-3H3,(H,28,29,31). The summed E-state index contributed by atoms with van der Waals surface area (Å²) in [7, 11) is 2.02. The van der Waals surface area contributed by atoms with E-state index < -0.39 is 12.1 Å². The summed E-state index contributed by atoms with van der Waals surface area (Å²) in [6.45, 7) is 5.34. The van der Waals surface area contributed by atoms with Crippen LogP contribution in [0.2, 0.25) is 0 Å². The summed E-state index contributed by atoms with van der Waals surface area (Å²) in [6.07, 6.45) is 0.198. The van der Waals surface area contributed by atoms with Gasteiger partial charge >= 0.3 is 5.97 Å². The van der Waals surface area contributed by atoms with Crippen molar-refractivity contribution in [2.24, 2.45) is 0 Å². The first-order chi connectivity index (χ1) is 16.4. The Morgan fingerprint density at radius 3 is 2.82 bits per heavy atom. The number of hydrogen-bond acceptors (Lipinski definition) is 7. The van der Waals surface area contributed by atoms with Crippen LogP contribution in [0.5, 0.6) is 0 Å². The fraction of sp³-hybridized carbons (Fsp3) is 0.308. The van der Waals surface area contributed by atoms with Gasteiger partial charge in [-0.3, -0.25) is 15.1 Å². The number of anilines is 1. The van der Waals surface area contributed by atoms with E-state index in [9.17, 15) is 9.59 Å². The van der Waals surface area contributed by atoms with E-state index in [0.717, 1.165) is 50.9 Å². The molecular weight excluding hydrogens is 448 g/mol. The third-order valence-corrected chi connectivity index (χ3v) is 7.06.